The molecule has 0 spiro atoms. The van der Waals surface area contributed by atoms with Crippen LogP contribution in [0.25, 0.3) is 0 Å². The molecule has 4 heteroatoms. The lowest BCUT2D eigenvalue weighted by Crippen LogP contribution is -2.28. The van der Waals surface area contributed by atoms with E-state index in [2.05, 4.69) is 4.74 Å². The molecule has 10 heavy (non-hydrogen) atoms. The topological polar surface area (TPSA) is 66.8 Å². The SMILES string of the molecule is O=C1C=CC([C@@H](O)CO)O1. The van der Waals surface area contributed by atoms with Crippen molar-refractivity contribution >= 4 is 5.97 Å². The average molecular weight is 144 g/mol. The maximum Gasteiger partial charge on any atom is 0.331 e. The molecule has 2 atom stereocenters. The van der Waals surface area contributed by atoms with E-state index in [4.69, 9.17) is 10.2 Å². The van der Waals surface area contributed by atoms with Gasteiger partial charge in [0.15, 0.2) is 0 Å². The molecule has 1 aliphatic heterocycles. The van der Waals surface area contributed by atoms with Gasteiger partial charge in [-0.15, -0.1) is 0 Å². The number of aliphatic hydroxyl groups excluding tert-OH is 2. The Morgan fingerprint density at radius 1 is 1.80 bits per heavy atom. The third kappa shape index (κ3) is 1.34. The second-order valence-electron chi connectivity index (χ2n) is 2.01. The van der Waals surface area contributed by atoms with E-state index in [0.717, 1.165) is 0 Å². The Bertz CT molecular complexity index is 163. The number of ether oxygens (including phenoxy) is 1. The normalized spacial score (nSPS) is 26.6. The van der Waals surface area contributed by atoms with E-state index in [1.165, 1.54) is 12.2 Å². The van der Waals surface area contributed by atoms with Crippen molar-refractivity contribution in [3.63, 3.8) is 0 Å². The molecule has 0 aromatic heterocycles. The van der Waals surface area contributed by atoms with Crippen LogP contribution in [-0.4, -0.2) is 35.0 Å². The number of aliphatic hydroxyl groups is 2. The lowest BCUT2D eigenvalue weighted by molar-refractivity contribution is -0.143. The molecule has 0 fully saturated rings. The number of hydrogen-bond acceptors (Lipinski definition) is 4. The minimum atomic E-state index is -0.998. The third-order valence-electron chi connectivity index (χ3n) is 1.24. The Morgan fingerprint density at radius 2 is 2.50 bits per heavy atom. The first-order chi connectivity index (χ1) is 4.74. The zero-order valence-corrected chi connectivity index (χ0v) is 5.23. The van der Waals surface area contributed by atoms with Gasteiger partial charge in [-0.1, -0.05) is 0 Å². The van der Waals surface area contributed by atoms with Crippen LogP contribution in [0.15, 0.2) is 12.2 Å². The second kappa shape index (κ2) is 2.81. The molecule has 0 saturated carbocycles. The average Bonchev–Trinajstić information content (AvgIpc) is 2.34. The molecule has 0 aliphatic carbocycles. The van der Waals surface area contributed by atoms with Crippen LogP contribution in [0, 0.1) is 0 Å². The van der Waals surface area contributed by atoms with E-state index in [0.29, 0.717) is 0 Å². The predicted octanol–water partition coefficient (Wildman–Crippen LogP) is -1.18. The molecule has 0 bridgehead atoms. The molecule has 4 nitrogen and oxygen atoms in total. The molecule has 1 unspecified atom stereocenters. The Kier molecular flexibility index (Phi) is 2.03. The van der Waals surface area contributed by atoms with Gasteiger partial charge in [-0.05, 0) is 6.08 Å². The number of carbonyl (C=O) groups excluding carboxylic acids is 1. The van der Waals surface area contributed by atoms with Crippen molar-refractivity contribution in [2.24, 2.45) is 0 Å². The zero-order chi connectivity index (χ0) is 7.56. The Hall–Kier alpha value is -0.870. The van der Waals surface area contributed by atoms with Gasteiger partial charge >= 0.3 is 5.97 Å². The van der Waals surface area contributed by atoms with Gasteiger partial charge in [0, 0.05) is 6.08 Å². The molecule has 0 radical (unpaired) electrons. The van der Waals surface area contributed by atoms with E-state index in [9.17, 15) is 4.79 Å². The first-order valence-electron chi connectivity index (χ1n) is 2.92. The first kappa shape index (κ1) is 7.24. The zero-order valence-electron chi connectivity index (χ0n) is 5.23. The highest BCUT2D eigenvalue weighted by molar-refractivity contribution is 5.84. The highest BCUT2D eigenvalue weighted by atomic mass is 16.6. The van der Waals surface area contributed by atoms with Crippen LogP contribution in [0.4, 0.5) is 0 Å². The van der Waals surface area contributed by atoms with Crippen LogP contribution < -0.4 is 0 Å². The highest BCUT2D eigenvalue weighted by Gasteiger charge is 2.23. The molecule has 1 rings (SSSR count). The van der Waals surface area contributed by atoms with Crippen molar-refractivity contribution in [1.29, 1.82) is 0 Å². The van der Waals surface area contributed by atoms with Gasteiger partial charge < -0.3 is 14.9 Å². The van der Waals surface area contributed by atoms with Crippen molar-refractivity contribution in [2.75, 3.05) is 6.61 Å². The van der Waals surface area contributed by atoms with Gasteiger partial charge in [0.1, 0.15) is 12.2 Å². The van der Waals surface area contributed by atoms with Crippen LogP contribution in [0.3, 0.4) is 0 Å². The Morgan fingerprint density at radius 3 is 2.90 bits per heavy atom. The highest BCUT2D eigenvalue weighted by Crippen LogP contribution is 2.08. The summed E-state index contributed by atoms with van der Waals surface area (Å²) in [6, 6.07) is 0. The molecular weight excluding hydrogens is 136 g/mol. The number of cyclic esters (lactones) is 1. The molecule has 0 saturated heterocycles. The van der Waals surface area contributed by atoms with E-state index < -0.39 is 24.8 Å². The second-order valence-corrected chi connectivity index (χ2v) is 2.01. The molecule has 2 N–H and O–H groups in total. The lowest BCUT2D eigenvalue weighted by atomic mass is 10.2. The largest absolute Gasteiger partial charge is 0.452 e. The molecule has 0 amide bonds. The van der Waals surface area contributed by atoms with E-state index in [1.807, 2.05) is 0 Å². The molecular formula is C6H8O4. The predicted molar refractivity (Wildman–Crippen MR) is 32.1 cm³/mol. The van der Waals surface area contributed by atoms with Gasteiger partial charge in [0.05, 0.1) is 6.61 Å². The molecule has 0 aromatic rings. The summed E-state index contributed by atoms with van der Waals surface area (Å²) in [7, 11) is 0. The third-order valence-corrected chi connectivity index (χ3v) is 1.24. The van der Waals surface area contributed by atoms with Gasteiger partial charge in [0.25, 0.3) is 0 Å². The summed E-state index contributed by atoms with van der Waals surface area (Å²) in [5.74, 6) is -0.475. The minimum Gasteiger partial charge on any atom is -0.452 e. The van der Waals surface area contributed by atoms with Crippen molar-refractivity contribution < 1.29 is 19.7 Å². The lowest BCUT2D eigenvalue weighted by Gasteiger charge is -2.12. The van der Waals surface area contributed by atoms with Crippen LogP contribution in [0.5, 0.6) is 0 Å². The van der Waals surface area contributed by atoms with Crippen LogP contribution >= 0.6 is 0 Å². The summed E-state index contributed by atoms with van der Waals surface area (Å²) >= 11 is 0. The van der Waals surface area contributed by atoms with E-state index in [-0.39, 0.29) is 0 Å². The Balaban J connectivity index is 2.46. The van der Waals surface area contributed by atoms with E-state index >= 15 is 0 Å². The minimum absolute atomic E-state index is 0.401. The molecule has 1 aliphatic rings. The summed E-state index contributed by atoms with van der Waals surface area (Å²) in [6.45, 7) is -0.401. The fraction of sp³-hybridized carbons (Fsp3) is 0.500. The van der Waals surface area contributed by atoms with Crippen molar-refractivity contribution in [3.8, 4) is 0 Å². The maximum absolute atomic E-state index is 10.4. The van der Waals surface area contributed by atoms with Crippen molar-refractivity contribution in [2.45, 2.75) is 12.2 Å². The fourth-order valence-electron chi connectivity index (χ4n) is 0.697. The summed E-state index contributed by atoms with van der Waals surface area (Å²) < 4.78 is 4.55. The van der Waals surface area contributed by atoms with E-state index in [1.54, 1.807) is 0 Å². The monoisotopic (exact) mass is 144 g/mol. The standard InChI is InChI=1S/C6H8O4/c7-3-4(8)5-1-2-6(9)10-5/h1-2,4-5,7-8H,3H2/t4-,5?/m0/s1. The summed E-state index contributed by atoms with van der Waals surface area (Å²) in [4.78, 5) is 10.4. The summed E-state index contributed by atoms with van der Waals surface area (Å²) in [6.07, 6.45) is 0.979. The van der Waals surface area contributed by atoms with Gasteiger partial charge in [-0.3, -0.25) is 0 Å². The van der Waals surface area contributed by atoms with Crippen LogP contribution in [-0.2, 0) is 9.53 Å². The molecule has 1 heterocycles. The molecule has 0 aromatic carbocycles. The smallest absolute Gasteiger partial charge is 0.331 e. The number of carbonyl (C=O) groups is 1. The quantitative estimate of drug-likeness (QED) is 0.479. The number of rotatable bonds is 2. The van der Waals surface area contributed by atoms with Crippen molar-refractivity contribution in [3.05, 3.63) is 12.2 Å². The van der Waals surface area contributed by atoms with Crippen LogP contribution in [0.1, 0.15) is 0 Å². The Labute approximate surface area is 57.7 Å². The summed E-state index contributed by atoms with van der Waals surface area (Å²) in [5, 5.41) is 17.3. The molecule has 56 valence electrons. The number of hydrogen-bond donors (Lipinski definition) is 2. The maximum atomic E-state index is 10.4. The van der Waals surface area contributed by atoms with Gasteiger partial charge in [0.2, 0.25) is 0 Å². The first-order valence-corrected chi connectivity index (χ1v) is 2.92. The van der Waals surface area contributed by atoms with Gasteiger partial charge in [-0.25, -0.2) is 4.79 Å². The number of esters is 1. The summed E-state index contributed by atoms with van der Waals surface area (Å²) in [5.41, 5.74) is 0. The van der Waals surface area contributed by atoms with Crippen LogP contribution in [0.2, 0.25) is 0 Å². The van der Waals surface area contributed by atoms with Crippen molar-refractivity contribution in [1.82, 2.24) is 0 Å². The fourth-order valence-corrected chi connectivity index (χ4v) is 0.697. The van der Waals surface area contributed by atoms with Gasteiger partial charge in [-0.2, -0.15) is 0 Å².